The smallest absolute Gasteiger partial charge is 0.164 e. The van der Waals surface area contributed by atoms with E-state index in [2.05, 4.69) is 25.2 Å². The molecule has 0 bridgehead atoms. The molecular weight excluding hydrogens is 234 g/mol. The van der Waals surface area contributed by atoms with Gasteiger partial charge in [-0.05, 0) is 45.9 Å². The van der Waals surface area contributed by atoms with Crippen LogP contribution in [0.3, 0.4) is 0 Å². The van der Waals surface area contributed by atoms with E-state index in [1.165, 1.54) is 30.4 Å². The van der Waals surface area contributed by atoms with Crippen LogP contribution >= 0.6 is 0 Å². The first-order valence-corrected chi connectivity index (χ1v) is 7.35. The zero-order valence-corrected chi connectivity index (χ0v) is 12.4. The molecule has 1 N–H and O–H groups in total. The molecule has 0 radical (unpaired) electrons. The molecule has 1 aliphatic rings. The van der Waals surface area contributed by atoms with Crippen LogP contribution in [0, 0.1) is 13.8 Å². The van der Waals surface area contributed by atoms with Gasteiger partial charge in [0.25, 0.3) is 0 Å². The van der Waals surface area contributed by atoms with E-state index in [4.69, 9.17) is 0 Å². The molecule has 1 aromatic rings. The van der Waals surface area contributed by atoms with Crippen molar-refractivity contribution in [2.75, 3.05) is 7.05 Å². The molecule has 2 heteroatoms. The third kappa shape index (κ3) is 3.44. The van der Waals surface area contributed by atoms with E-state index in [0.717, 1.165) is 18.4 Å². The predicted octanol–water partition coefficient (Wildman–Crippen LogP) is 3.80. The Balaban J connectivity index is 2.15. The number of hydrogen-bond donors (Lipinski definition) is 1. The quantitative estimate of drug-likeness (QED) is 0.833. The largest absolute Gasteiger partial charge is 0.314 e. The average molecular weight is 259 g/mol. The van der Waals surface area contributed by atoms with Gasteiger partial charge in [-0.2, -0.15) is 0 Å². The van der Waals surface area contributed by atoms with E-state index < -0.39 is 0 Å². The van der Waals surface area contributed by atoms with Gasteiger partial charge in [0.05, 0.1) is 0 Å². The van der Waals surface area contributed by atoms with Crippen LogP contribution in [0.5, 0.6) is 0 Å². The first kappa shape index (κ1) is 14.3. The first-order chi connectivity index (χ1) is 9.04. The van der Waals surface area contributed by atoms with Crippen LogP contribution < -0.4 is 5.32 Å². The highest BCUT2D eigenvalue weighted by Gasteiger charge is 2.32. The van der Waals surface area contributed by atoms with Crippen LogP contribution in [0.1, 0.15) is 60.0 Å². The van der Waals surface area contributed by atoms with Crippen molar-refractivity contribution in [2.24, 2.45) is 0 Å². The maximum Gasteiger partial charge on any atom is 0.164 e. The molecule has 1 aromatic carbocycles. The fraction of sp³-hybridized carbons (Fsp3) is 0.588. The minimum Gasteiger partial charge on any atom is -0.314 e. The Labute approximate surface area is 116 Å². The molecule has 0 saturated heterocycles. The van der Waals surface area contributed by atoms with Gasteiger partial charge in [-0.1, -0.05) is 36.5 Å². The highest BCUT2D eigenvalue weighted by atomic mass is 16.1. The van der Waals surface area contributed by atoms with Crippen molar-refractivity contribution < 1.29 is 4.79 Å². The highest BCUT2D eigenvalue weighted by molar-refractivity contribution is 5.97. The van der Waals surface area contributed by atoms with Gasteiger partial charge in [-0.3, -0.25) is 4.79 Å². The summed E-state index contributed by atoms with van der Waals surface area (Å²) < 4.78 is 0. The number of ketones is 1. The summed E-state index contributed by atoms with van der Waals surface area (Å²) in [5.41, 5.74) is 3.25. The summed E-state index contributed by atoms with van der Waals surface area (Å²) in [4.78, 5) is 12.5. The number of aryl methyl sites for hydroxylation is 2. The Morgan fingerprint density at radius 1 is 1.11 bits per heavy atom. The first-order valence-electron chi connectivity index (χ1n) is 7.35. The summed E-state index contributed by atoms with van der Waals surface area (Å²) >= 11 is 0. The van der Waals surface area contributed by atoms with Gasteiger partial charge in [-0.15, -0.1) is 0 Å². The molecule has 1 saturated carbocycles. The predicted molar refractivity (Wildman–Crippen MR) is 79.7 cm³/mol. The number of benzene rings is 1. The molecule has 0 amide bonds. The van der Waals surface area contributed by atoms with Gasteiger partial charge >= 0.3 is 0 Å². The second-order valence-electron chi connectivity index (χ2n) is 6.07. The zero-order chi connectivity index (χ0) is 13.9. The van der Waals surface area contributed by atoms with E-state index in [1.54, 1.807) is 0 Å². The van der Waals surface area contributed by atoms with Gasteiger partial charge in [0.15, 0.2) is 5.78 Å². The molecule has 0 aliphatic heterocycles. The van der Waals surface area contributed by atoms with Crippen molar-refractivity contribution in [1.29, 1.82) is 0 Å². The minimum absolute atomic E-state index is 0.0347. The van der Waals surface area contributed by atoms with E-state index in [9.17, 15) is 4.79 Å². The lowest BCUT2D eigenvalue weighted by Gasteiger charge is -2.36. The second-order valence-corrected chi connectivity index (χ2v) is 6.07. The average Bonchev–Trinajstić information content (AvgIpc) is 2.38. The molecule has 2 rings (SSSR count). The van der Waals surface area contributed by atoms with Crippen molar-refractivity contribution in [3.8, 4) is 0 Å². The normalized spacial score (nSPS) is 18.3. The van der Waals surface area contributed by atoms with Crippen LogP contribution in [0.4, 0.5) is 0 Å². The molecule has 0 heterocycles. The summed E-state index contributed by atoms with van der Waals surface area (Å²) in [6.45, 7) is 4.11. The van der Waals surface area contributed by atoms with Crippen molar-refractivity contribution in [2.45, 2.75) is 57.9 Å². The van der Waals surface area contributed by atoms with Crippen molar-refractivity contribution >= 4 is 5.78 Å². The Kier molecular flexibility index (Phi) is 4.41. The zero-order valence-electron chi connectivity index (χ0n) is 12.4. The number of carbonyl (C=O) groups excluding carboxylic acids is 1. The van der Waals surface area contributed by atoms with Crippen molar-refractivity contribution in [3.05, 3.63) is 34.9 Å². The molecule has 0 spiro atoms. The lowest BCUT2D eigenvalue weighted by Crippen LogP contribution is -2.46. The van der Waals surface area contributed by atoms with Crippen LogP contribution in [-0.2, 0) is 0 Å². The second kappa shape index (κ2) is 5.87. The van der Waals surface area contributed by atoms with Gasteiger partial charge in [0.1, 0.15) is 0 Å². The van der Waals surface area contributed by atoms with Crippen LogP contribution in [-0.4, -0.2) is 18.4 Å². The van der Waals surface area contributed by atoms with E-state index >= 15 is 0 Å². The molecule has 1 aliphatic carbocycles. The Morgan fingerprint density at radius 3 is 2.21 bits per heavy atom. The van der Waals surface area contributed by atoms with Crippen LogP contribution in [0.15, 0.2) is 18.2 Å². The molecule has 0 atom stereocenters. The molecule has 1 fully saturated rings. The summed E-state index contributed by atoms with van der Waals surface area (Å²) in [6, 6.07) is 6.15. The summed E-state index contributed by atoms with van der Waals surface area (Å²) in [5, 5.41) is 3.43. The third-order valence-corrected chi connectivity index (χ3v) is 4.38. The van der Waals surface area contributed by atoms with Gasteiger partial charge in [-0.25, -0.2) is 0 Å². The van der Waals surface area contributed by atoms with Gasteiger partial charge in [0, 0.05) is 17.5 Å². The topological polar surface area (TPSA) is 29.1 Å². The minimum atomic E-state index is 0.0347. The Bertz CT molecular complexity index is 438. The van der Waals surface area contributed by atoms with Gasteiger partial charge < -0.3 is 5.32 Å². The fourth-order valence-corrected chi connectivity index (χ4v) is 3.29. The maximum absolute atomic E-state index is 12.5. The monoisotopic (exact) mass is 259 g/mol. The lowest BCUT2D eigenvalue weighted by molar-refractivity contribution is 0.0914. The summed E-state index contributed by atoms with van der Waals surface area (Å²) in [7, 11) is 2.00. The van der Waals surface area contributed by atoms with E-state index in [0.29, 0.717) is 6.42 Å². The number of rotatable bonds is 4. The molecule has 104 valence electrons. The summed E-state index contributed by atoms with van der Waals surface area (Å²) in [5.74, 6) is 0.281. The standard InChI is InChI=1S/C17H25NO/c1-13-9-14(2)11-15(10-13)16(19)12-17(18-3)7-5-4-6-8-17/h9-11,18H,4-8,12H2,1-3H3. The van der Waals surface area contributed by atoms with E-state index in [1.807, 2.05) is 19.2 Å². The molecule has 0 aromatic heterocycles. The van der Waals surface area contributed by atoms with Crippen LogP contribution in [0.25, 0.3) is 0 Å². The Hall–Kier alpha value is -1.15. The number of Topliss-reactive ketones (excluding diaryl/α,β-unsaturated/α-hetero) is 1. The lowest BCUT2D eigenvalue weighted by atomic mass is 9.77. The van der Waals surface area contributed by atoms with E-state index in [-0.39, 0.29) is 11.3 Å². The van der Waals surface area contributed by atoms with Gasteiger partial charge in [0.2, 0.25) is 0 Å². The number of carbonyl (C=O) groups is 1. The SMILES string of the molecule is CNC1(CC(=O)c2cc(C)cc(C)c2)CCCCC1. The van der Waals surface area contributed by atoms with Crippen molar-refractivity contribution in [1.82, 2.24) is 5.32 Å². The third-order valence-electron chi connectivity index (χ3n) is 4.38. The highest BCUT2D eigenvalue weighted by Crippen LogP contribution is 2.32. The Morgan fingerprint density at radius 2 is 1.68 bits per heavy atom. The fourth-order valence-electron chi connectivity index (χ4n) is 3.29. The molecule has 0 unspecified atom stereocenters. The number of nitrogens with one attached hydrogen (secondary N) is 1. The van der Waals surface area contributed by atoms with Crippen molar-refractivity contribution in [3.63, 3.8) is 0 Å². The molecule has 2 nitrogen and oxygen atoms in total. The number of hydrogen-bond acceptors (Lipinski definition) is 2. The maximum atomic E-state index is 12.5. The van der Waals surface area contributed by atoms with Crippen LogP contribution in [0.2, 0.25) is 0 Å². The summed E-state index contributed by atoms with van der Waals surface area (Å²) in [6.07, 6.45) is 6.66. The molecule has 19 heavy (non-hydrogen) atoms. The molecular formula is C17H25NO.